The largest absolute Gasteiger partial charge is 0.370 e. The minimum absolute atomic E-state index is 0.191. The first-order valence-electron chi connectivity index (χ1n) is 13.6. The van der Waals surface area contributed by atoms with Crippen LogP contribution in [0.1, 0.15) is 12.8 Å². The van der Waals surface area contributed by atoms with Crippen LogP contribution in [0.5, 0.6) is 0 Å². The van der Waals surface area contributed by atoms with Crippen molar-refractivity contribution in [1.82, 2.24) is 23.7 Å². The van der Waals surface area contributed by atoms with Crippen LogP contribution in [0.15, 0.2) is 48.8 Å². The molecule has 10 nitrogen and oxygen atoms in total. The van der Waals surface area contributed by atoms with Crippen LogP contribution in [-0.2, 0) is 10.3 Å². The Morgan fingerprint density at radius 3 is 2.38 bits per heavy atom. The van der Waals surface area contributed by atoms with Gasteiger partial charge in [0.15, 0.2) is 0 Å². The maximum absolute atomic E-state index is 12.0. The molecule has 222 valence electrons. The average Bonchev–Trinajstić information content (AvgIpc) is 3.37. The summed E-state index contributed by atoms with van der Waals surface area (Å²) < 4.78 is 34.5. The summed E-state index contributed by atoms with van der Waals surface area (Å²) in [6.07, 6.45) is 4.85. The topological polar surface area (TPSA) is 107 Å². The summed E-state index contributed by atoms with van der Waals surface area (Å²) in [5.41, 5.74) is 2.40. The SMILES string of the molecule is CN1CCN(C2CCN(c3cc(Cl)c(Nc4ncc(Cl)c(-c5cn(S(=O)(=O)O)c6ccccc56)n4)cc3Cl)CC2)CC1. The first-order chi connectivity index (χ1) is 20.1. The predicted molar refractivity (Wildman–Crippen MR) is 169 cm³/mol. The van der Waals surface area contributed by atoms with Gasteiger partial charge < -0.3 is 15.1 Å². The Balaban J connectivity index is 1.22. The Morgan fingerprint density at radius 2 is 1.67 bits per heavy atom. The molecule has 4 aromatic rings. The molecule has 0 bridgehead atoms. The lowest BCUT2D eigenvalue weighted by molar-refractivity contribution is 0.0982. The fraction of sp³-hybridized carbons (Fsp3) is 0.357. The van der Waals surface area contributed by atoms with E-state index in [1.165, 1.54) is 12.4 Å². The second-order valence-electron chi connectivity index (χ2n) is 10.7. The Kier molecular flexibility index (Phi) is 8.27. The Labute approximate surface area is 259 Å². The van der Waals surface area contributed by atoms with Gasteiger partial charge in [-0.1, -0.05) is 53.0 Å². The molecule has 0 atom stereocenters. The number of piperidine rings is 1. The third kappa shape index (κ3) is 5.92. The number of fused-ring (bicyclic) bond motifs is 1. The highest BCUT2D eigenvalue weighted by Gasteiger charge is 2.28. The lowest BCUT2D eigenvalue weighted by Crippen LogP contribution is -2.52. The minimum atomic E-state index is -4.55. The van der Waals surface area contributed by atoms with E-state index in [1.54, 1.807) is 30.3 Å². The lowest BCUT2D eigenvalue weighted by atomic mass is 10.0. The van der Waals surface area contributed by atoms with Crippen molar-refractivity contribution in [2.45, 2.75) is 18.9 Å². The molecule has 2 aromatic heterocycles. The number of hydrogen-bond acceptors (Lipinski definition) is 8. The monoisotopic (exact) mass is 649 g/mol. The van der Waals surface area contributed by atoms with Crippen molar-refractivity contribution in [3.8, 4) is 11.3 Å². The van der Waals surface area contributed by atoms with Gasteiger partial charge in [-0.3, -0.25) is 9.45 Å². The summed E-state index contributed by atoms with van der Waals surface area (Å²) in [7, 11) is -2.37. The van der Waals surface area contributed by atoms with Crippen molar-refractivity contribution >= 4 is 73.3 Å². The summed E-state index contributed by atoms with van der Waals surface area (Å²) in [5.74, 6) is 0.191. The maximum atomic E-state index is 12.0. The zero-order valence-electron chi connectivity index (χ0n) is 22.8. The number of hydrogen-bond donors (Lipinski definition) is 2. The van der Waals surface area contributed by atoms with Crippen LogP contribution in [0.25, 0.3) is 22.2 Å². The highest BCUT2D eigenvalue weighted by Crippen LogP contribution is 2.39. The molecule has 2 aliphatic rings. The second kappa shape index (κ2) is 11.8. The number of para-hydroxylation sites is 1. The Bertz CT molecular complexity index is 1730. The molecule has 0 radical (unpaired) electrons. The van der Waals surface area contributed by atoms with E-state index in [4.69, 9.17) is 34.8 Å². The number of rotatable bonds is 6. The third-order valence-corrected chi connectivity index (χ3v) is 9.76. The normalized spacial score (nSPS) is 17.7. The number of anilines is 3. The molecule has 0 aliphatic carbocycles. The van der Waals surface area contributed by atoms with E-state index < -0.39 is 10.3 Å². The van der Waals surface area contributed by atoms with Crippen LogP contribution >= 0.6 is 34.8 Å². The van der Waals surface area contributed by atoms with Crippen molar-refractivity contribution in [3.05, 3.63) is 63.9 Å². The molecule has 2 saturated heterocycles. The fourth-order valence-corrected chi connectivity index (χ4v) is 7.13. The van der Waals surface area contributed by atoms with E-state index in [-0.39, 0.29) is 22.2 Å². The van der Waals surface area contributed by atoms with E-state index in [0.29, 0.717) is 32.7 Å². The van der Waals surface area contributed by atoms with Crippen molar-refractivity contribution in [2.24, 2.45) is 0 Å². The fourth-order valence-electron chi connectivity index (χ4n) is 5.80. The minimum Gasteiger partial charge on any atom is -0.370 e. The molecule has 14 heteroatoms. The molecule has 4 heterocycles. The van der Waals surface area contributed by atoms with E-state index >= 15 is 0 Å². The second-order valence-corrected chi connectivity index (χ2v) is 13.2. The molecule has 0 unspecified atom stereocenters. The molecular formula is C28H30Cl3N7O3S. The van der Waals surface area contributed by atoms with Crippen LogP contribution in [0.3, 0.4) is 0 Å². The van der Waals surface area contributed by atoms with Crippen molar-refractivity contribution in [2.75, 3.05) is 56.5 Å². The summed E-state index contributed by atoms with van der Waals surface area (Å²) in [5, 5.41) is 4.89. The van der Waals surface area contributed by atoms with Crippen molar-refractivity contribution < 1.29 is 13.0 Å². The number of piperazine rings is 1. The zero-order chi connectivity index (χ0) is 29.6. The molecular weight excluding hydrogens is 621 g/mol. The van der Waals surface area contributed by atoms with Crippen LogP contribution in [-0.4, -0.2) is 89.1 Å². The highest BCUT2D eigenvalue weighted by atomic mass is 35.5. The molecule has 2 fully saturated rings. The molecule has 2 aromatic carbocycles. The number of nitrogens with zero attached hydrogens (tertiary/aromatic N) is 6. The molecule has 6 rings (SSSR count). The van der Waals surface area contributed by atoms with Gasteiger partial charge in [-0.05, 0) is 38.1 Å². The van der Waals surface area contributed by atoms with Gasteiger partial charge in [-0.2, -0.15) is 8.42 Å². The van der Waals surface area contributed by atoms with Gasteiger partial charge in [-0.25, -0.2) is 13.9 Å². The Hall–Kier alpha value is -2.64. The number of benzene rings is 2. The first kappa shape index (κ1) is 29.4. The summed E-state index contributed by atoms with van der Waals surface area (Å²) in [6.45, 7) is 6.27. The third-order valence-electron chi connectivity index (χ3n) is 8.07. The highest BCUT2D eigenvalue weighted by molar-refractivity contribution is 7.84. The van der Waals surface area contributed by atoms with Crippen molar-refractivity contribution in [1.29, 1.82) is 0 Å². The summed E-state index contributed by atoms with van der Waals surface area (Å²) in [6, 6.07) is 10.9. The molecule has 0 amide bonds. The van der Waals surface area contributed by atoms with E-state index in [1.807, 2.05) is 6.07 Å². The smallest absolute Gasteiger partial charge is 0.363 e. The Morgan fingerprint density at radius 1 is 0.952 bits per heavy atom. The number of aromatic nitrogens is 3. The molecule has 2 aliphatic heterocycles. The van der Waals surface area contributed by atoms with Gasteiger partial charge in [0.1, 0.15) is 0 Å². The lowest BCUT2D eigenvalue weighted by Gasteiger charge is -2.42. The molecule has 42 heavy (non-hydrogen) atoms. The summed E-state index contributed by atoms with van der Waals surface area (Å²) in [4.78, 5) is 16.1. The van der Waals surface area contributed by atoms with E-state index in [9.17, 15) is 13.0 Å². The van der Waals surface area contributed by atoms with Gasteiger partial charge in [0.25, 0.3) is 0 Å². The quantitative estimate of drug-likeness (QED) is 0.255. The van der Waals surface area contributed by atoms with Crippen LogP contribution in [0.4, 0.5) is 17.3 Å². The van der Waals surface area contributed by atoms with Crippen LogP contribution in [0, 0.1) is 0 Å². The molecule has 2 N–H and O–H groups in total. The van der Waals surface area contributed by atoms with E-state index in [2.05, 4.69) is 37.0 Å². The maximum Gasteiger partial charge on any atom is 0.363 e. The van der Waals surface area contributed by atoms with Crippen LogP contribution < -0.4 is 10.2 Å². The van der Waals surface area contributed by atoms with Gasteiger partial charge in [-0.15, -0.1) is 0 Å². The molecule has 0 saturated carbocycles. The van der Waals surface area contributed by atoms with Gasteiger partial charge >= 0.3 is 10.3 Å². The van der Waals surface area contributed by atoms with Crippen LogP contribution in [0.2, 0.25) is 15.1 Å². The van der Waals surface area contributed by atoms with Gasteiger partial charge in [0.2, 0.25) is 5.95 Å². The van der Waals surface area contributed by atoms with Gasteiger partial charge in [0, 0.05) is 62.5 Å². The summed E-state index contributed by atoms with van der Waals surface area (Å²) >= 11 is 19.9. The number of likely N-dealkylation sites (N-methyl/N-ethyl adjacent to an activating group) is 1. The number of halogens is 3. The number of nitrogens with one attached hydrogen (secondary N) is 1. The van der Waals surface area contributed by atoms with Crippen molar-refractivity contribution in [3.63, 3.8) is 0 Å². The molecule has 0 spiro atoms. The zero-order valence-corrected chi connectivity index (χ0v) is 25.9. The first-order valence-corrected chi connectivity index (χ1v) is 16.2. The van der Waals surface area contributed by atoms with E-state index in [0.717, 1.165) is 61.8 Å². The predicted octanol–water partition coefficient (Wildman–Crippen LogP) is 5.67. The van der Waals surface area contributed by atoms with Gasteiger partial charge in [0.05, 0.1) is 43.9 Å². The standard InChI is InChI=1S/C28H30Cl3N7O3S/c1-35-10-12-36(13-11-35)18-6-8-37(9-7-18)26-15-21(29)24(14-22(26)30)33-28-32-16-23(31)27(34-28)20-17-38(42(39,40)41)25-5-3-2-4-19(20)25/h2-5,14-18H,6-13H2,1H3,(H,32,33,34)(H,39,40,41). The average molecular weight is 651 g/mol.